The van der Waals surface area contributed by atoms with Crippen LogP contribution in [0.5, 0.6) is 0 Å². The molecule has 0 amide bonds. The Kier molecular flexibility index (Phi) is 4.30. The summed E-state index contributed by atoms with van der Waals surface area (Å²) >= 11 is 0. The Balaban J connectivity index is 3.86. The van der Waals surface area contributed by atoms with E-state index in [0.717, 1.165) is 12.8 Å². The van der Waals surface area contributed by atoms with Crippen molar-refractivity contribution in [2.24, 2.45) is 5.41 Å². The molecule has 0 rings (SSSR count). The summed E-state index contributed by atoms with van der Waals surface area (Å²) in [5, 5.41) is 0. The fourth-order valence-corrected chi connectivity index (χ4v) is 1.46. The molecule has 0 radical (unpaired) electrons. The van der Waals surface area contributed by atoms with E-state index in [9.17, 15) is 0 Å². The third kappa shape index (κ3) is 6.21. The topological polar surface area (TPSA) is 0 Å². The first-order valence-electron chi connectivity index (χ1n) is 4.62. The number of hydrogen-bond acceptors (Lipinski definition) is 0. The fourth-order valence-electron chi connectivity index (χ4n) is 1.46. The van der Waals surface area contributed by atoms with E-state index < -0.39 is 0 Å². The van der Waals surface area contributed by atoms with E-state index in [1.807, 2.05) is 0 Å². The van der Waals surface area contributed by atoms with Crippen LogP contribution in [0.25, 0.3) is 0 Å². The molecular weight excluding hydrogens is 144 g/mol. The summed E-state index contributed by atoms with van der Waals surface area (Å²) in [6.45, 7) is 16.6. The Hall–Kier alpha value is -0.520. The average Bonchev–Trinajstić information content (AvgIpc) is 1.81. The van der Waals surface area contributed by atoms with Crippen molar-refractivity contribution in [2.75, 3.05) is 0 Å². The number of rotatable bonds is 5. The lowest BCUT2D eigenvalue weighted by Gasteiger charge is -2.24. The summed E-state index contributed by atoms with van der Waals surface area (Å²) in [5.41, 5.74) is 2.96. The molecule has 0 aliphatic rings. The number of allylic oxidation sites excluding steroid dienone is 2. The van der Waals surface area contributed by atoms with Gasteiger partial charge in [0.2, 0.25) is 0 Å². The Bertz CT molecular complexity index is 172. The van der Waals surface area contributed by atoms with Crippen LogP contribution in [0.4, 0.5) is 0 Å². The standard InChI is InChI=1S/C12H22/c1-10(2)7-8-12(5,6)9-11(3)4/h1,3,7-9H2,2,4-6H3. The molecule has 70 valence electrons. The van der Waals surface area contributed by atoms with Gasteiger partial charge in [-0.25, -0.2) is 0 Å². The molecule has 0 heterocycles. The molecule has 0 aromatic rings. The predicted molar refractivity (Wildman–Crippen MR) is 57.3 cm³/mol. The summed E-state index contributed by atoms with van der Waals surface area (Å²) in [6.07, 6.45) is 3.48. The second-order valence-electron chi connectivity index (χ2n) is 4.76. The molecule has 0 N–H and O–H groups in total. The monoisotopic (exact) mass is 166 g/mol. The minimum absolute atomic E-state index is 0.394. The van der Waals surface area contributed by atoms with E-state index in [1.54, 1.807) is 0 Å². The molecule has 0 bridgehead atoms. The van der Waals surface area contributed by atoms with Gasteiger partial charge < -0.3 is 0 Å². The van der Waals surface area contributed by atoms with Crippen molar-refractivity contribution in [3.63, 3.8) is 0 Å². The lowest BCUT2D eigenvalue weighted by atomic mass is 9.81. The quantitative estimate of drug-likeness (QED) is 0.533. The molecule has 0 heteroatoms. The van der Waals surface area contributed by atoms with Crippen molar-refractivity contribution in [3.05, 3.63) is 24.3 Å². The third-order valence-corrected chi connectivity index (χ3v) is 2.01. The highest BCUT2D eigenvalue weighted by Gasteiger charge is 2.16. The van der Waals surface area contributed by atoms with Gasteiger partial charge >= 0.3 is 0 Å². The molecule has 0 aliphatic carbocycles. The molecule has 0 aliphatic heterocycles. The summed E-state index contributed by atoms with van der Waals surface area (Å²) < 4.78 is 0. The SMILES string of the molecule is C=C(C)CCC(C)(C)CC(=C)C. The molecule has 0 atom stereocenters. The molecule has 0 aromatic carbocycles. The van der Waals surface area contributed by atoms with Crippen LogP contribution in [0, 0.1) is 5.41 Å². The molecule has 0 saturated heterocycles. The van der Waals surface area contributed by atoms with Crippen molar-refractivity contribution in [1.82, 2.24) is 0 Å². The van der Waals surface area contributed by atoms with Gasteiger partial charge in [0.15, 0.2) is 0 Å². The molecular formula is C12H22. The van der Waals surface area contributed by atoms with E-state index in [1.165, 1.54) is 17.6 Å². The second kappa shape index (κ2) is 4.49. The Morgan fingerprint density at radius 1 is 1.08 bits per heavy atom. The van der Waals surface area contributed by atoms with Crippen LogP contribution >= 0.6 is 0 Å². The molecule has 0 nitrogen and oxygen atoms in total. The van der Waals surface area contributed by atoms with Gasteiger partial charge in [-0.15, -0.1) is 13.2 Å². The largest absolute Gasteiger partial charge is 0.100 e. The van der Waals surface area contributed by atoms with Gasteiger partial charge in [-0.05, 0) is 38.5 Å². The molecule has 0 saturated carbocycles. The van der Waals surface area contributed by atoms with Crippen LogP contribution in [0.1, 0.15) is 47.0 Å². The van der Waals surface area contributed by atoms with Crippen LogP contribution in [0.3, 0.4) is 0 Å². The molecule has 0 fully saturated rings. The average molecular weight is 166 g/mol. The van der Waals surface area contributed by atoms with Crippen molar-refractivity contribution in [3.8, 4) is 0 Å². The smallest absolute Gasteiger partial charge is 0.0274 e. The highest BCUT2D eigenvalue weighted by molar-refractivity contribution is 4.96. The fraction of sp³-hybridized carbons (Fsp3) is 0.667. The zero-order valence-electron chi connectivity index (χ0n) is 9.04. The normalized spacial score (nSPS) is 11.3. The number of hydrogen-bond donors (Lipinski definition) is 0. The van der Waals surface area contributed by atoms with E-state index >= 15 is 0 Å². The lowest BCUT2D eigenvalue weighted by molar-refractivity contribution is 0.332. The van der Waals surface area contributed by atoms with Crippen molar-refractivity contribution in [2.45, 2.75) is 47.0 Å². The minimum atomic E-state index is 0.394. The minimum Gasteiger partial charge on any atom is -0.100 e. The maximum atomic E-state index is 3.94. The third-order valence-electron chi connectivity index (χ3n) is 2.01. The van der Waals surface area contributed by atoms with E-state index in [0.29, 0.717) is 5.41 Å². The van der Waals surface area contributed by atoms with Gasteiger partial charge in [0, 0.05) is 0 Å². The summed E-state index contributed by atoms with van der Waals surface area (Å²) in [7, 11) is 0. The molecule has 12 heavy (non-hydrogen) atoms. The van der Waals surface area contributed by atoms with E-state index in [-0.39, 0.29) is 0 Å². The zero-order valence-corrected chi connectivity index (χ0v) is 9.04. The Morgan fingerprint density at radius 2 is 1.58 bits per heavy atom. The summed E-state index contributed by atoms with van der Waals surface area (Å²) in [6, 6.07) is 0. The van der Waals surface area contributed by atoms with E-state index in [2.05, 4.69) is 40.9 Å². The van der Waals surface area contributed by atoms with Gasteiger partial charge in [0.25, 0.3) is 0 Å². The molecule has 0 spiro atoms. The highest BCUT2D eigenvalue weighted by atomic mass is 14.2. The van der Waals surface area contributed by atoms with Crippen molar-refractivity contribution in [1.29, 1.82) is 0 Å². The lowest BCUT2D eigenvalue weighted by Crippen LogP contribution is -2.11. The van der Waals surface area contributed by atoms with Gasteiger partial charge in [-0.2, -0.15) is 0 Å². The zero-order chi connectivity index (χ0) is 9.78. The van der Waals surface area contributed by atoms with Gasteiger partial charge in [0.05, 0.1) is 0 Å². The van der Waals surface area contributed by atoms with Crippen LogP contribution < -0.4 is 0 Å². The Morgan fingerprint density at radius 3 is 1.92 bits per heavy atom. The predicted octanol–water partition coefficient (Wildman–Crippen LogP) is 4.34. The first-order chi connectivity index (χ1) is 5.33. The van der Waals surface area contributed by atoms with Crippen molar-refractivity contribution < 1.29 is 0 Å². The van der Waals surface area contributed by atoms with E-state index in [4.69, 9.17) is 0 Å². The van der Waals surface area contributed by atoms with Crippen LogP contribution in [-0.2, 0) is 0 Å². The first kappa shape index (κ1) is 11.5. The maximum Gasteiger partial charge on any atom is -0.0274 e. The molecule has 0 aromatic heterocycles. The van der Waals surface area contributed by atoms with Crippen LogP contribution in [0.2, 0.25) is 0 Å². The van der Waals surface area contributed by atoms with Crippen LogP contribution in [-0.4, -0.2) is 0 Å². The first-order valence-corrected chi connectivity index (χ1v) is 4.62. The van der Waals surface area contributed by atoms with Gasteiger partial charge in [0.1, 0.15) is 0 Å². The Labute approximate surface area is 77.4 Å². The van der Waals surface area contributed by atoms with Gasteiger partial charge in [-0.3, -0.25) is 0 Å². The summed E-state index contributed by atoms with van der Waals surface area (Å²) in [4.78, 5) is 0. The van der Waals surface area contributed by atoms with Gasteiger partial charge in [-0.1, -0.05) is 25.0 Å². The highest BCUT2D eigenvalue weighted by Crippen LogP contribution is 2.30. The second-order valence-corrected chi connectivity index (χ2v) is 4.76. The summed E-state index contributed by atoms with van der Waals surface area (Å²) in [5.74, 6) is 0. The maximum absolute atomic E-state index is 3.94. The molecule has 0 unspecified atom stereocenters. The van der Waals surface area contributed by atoms with Crippen molar-refractivity contribution >= 4 is 0 Å². The van der Waals surface area contributed by atoms with Crippen LogP contribution in [0.15, 0.2) is 24.3 Å².